The van der Waals surface area contributed by atoms with Crippen molar-refractivity contribution >= 4 is 11.6 Å². The lowest BCUT2D eigenvalue weighted by Crippen LogP contribution is -2.29. The fourth-order valence-corrected chi connectivity index (χ4v) is 2.61. The number of furan rings is 1. The summed E-state index contributed by atoms with van der Waals surface area (Å²) in [5.41, 5.74) is 0.600. The number of para-hydroxylation sites is 1. The Morgan fingerprint density at radius 1 is 1.04 bits per heavy atom. The predicted octanol–water partition coefficient (Wildman–Crippen LogP) is 4.02. The highest BCUT2D eigenvalue weighted by Gasteiger charge is 2.25. The van der Waals surface area contributed by atoms with E-state index in [0.717, 1.165) is 11.3 Å². The van der Waals surface area contributed by atoms with E-state index >= 15 is 0 Å². The van der Waals surface area contributed by atoms with Crippen molar-refractivity contribution in [2.45, 2.75) is 13.0 Å². The maximum atomic E-state index is 12.7. The second-order valence-corrected chi connectivity index (χ2v) is 5.54. The number of carbonyl (C=O) groups excluding carboxylic acids is 1. The summed E-state index contributed by atoms with van der Waals surface area (Å²) in [5, 5.41) is 14.0. The van der Waals surface area contributed by atoms with Crippen molar-refractivity contribution in [1.29, 1.82) is 0 Å². The minimum atomic E-state index is -0.566. The van der Waals surface area contributed by atoms with Crippen LogP contribution in [0.25, 0.3) is 0 Å². The molecule has 0 bridgehead atoms. The van der Waals surface area contributed by atoms with Crippen LogP contribution < -0.4 is 5.32 Å². The average molecular weight is 336 g/mol. The van der Waals surface area contributed by atoms with Gasteiger partial charge in [-0.05, 0) is 30.7 Å². The van der Waals surface area contributed by atoms with Gasteiger partial charge < -0.3 is 9.73 Å². The Labute approximate surface area is 144 Å². The Kier molecular flexibility index (Phi) is 4.61. The standard InChI is InChI=1S/C19H16N2O4/c1-13-11-12-17(25-13)18(14-7-3-2-4-8-14)20-19(22)15-9-5-6-10-16(15)21(23)24/h2-12,18H,1H3,(H,20,22). The van der Waals surface area contributed by atoms with Gasteiger partial charge in [-0.1, -0.05) is 42.5 Å². The van der Waals surface area contributed by atoms with Gasteiger partial charge in [0.25, 0.3) is 11.6 Å². The molecule has 0 aliphatic heterocycles. The summed E-state index contributed by atoms with van der Waals surface area (Å²) in [6.45, 7) is 1.81. The molecule has 0 aliphatic carbocycles. The zero-order valence-corrected chi connectivity index (χ0v) is 13.5. The summed E-state index contributed by atoms with van der Waals surface area (Å²) < 4.78 is 5.67. The number of nitrogens with one attached hydrogen (secondary N) is 1. The van der Waals surface area contributed by atoms with Crippen LogP contribution in [0.4, 0.5) is 5.69 Å². The highest BCUT2D eigenvalue weighted by molar-refractivity contribution is 5.98. The first-order valence-corrected chi connectivity index (χ1v) is 7.72. The third-order valence-electron chi connectivity index (χ3n) is 3.80. The predicted molar refractivity (Wildman–Crippen MR) is 92.3 cm³/mol. The zero-order valence-electron chi connectivity index (χ0n) is 13.5. The summed E-state index contributed by atoms with van der Waals surface area (Å²) in [4.78, 5) is 23.3. The molecule has 0 aliphatic rings. The molecular formula is C19H16N2O4. The molecule has 0 spiro atoms. The molecule has 1 N–H and O–H groups in total. The van der Waals surface area contributed by atoms with Crippen LogP contribution in [-0.4, -0.2) is 10.8 Å². The number of nitrogens with zero attached hydrogens (tertiary/aromatic N) is 1. The van der Waals surface area contributed by atoms with Crippen LogP contribution in [0, 0.1) is 17.0 Å². The Hall–Kier alpha value is -3.41. The highest BCUT2D eigenvalue weighted by Crippen LogP contribution is 2.25. The number of nitro groups is 1. The monoisotopic (exact) mass is 336 g/mol. The van der Waals surface area contributed by atoms with Crippen LogP contribution in [0.3, 0.4) is 0 Å². The number of carbonyl (C=O) groups is 1. The molecule has 3 aromatic rings. The van der Waals surface area contributed by atoms with Gasteiger partial charge >= 0.3 is 0 Å². The number of nitro benzene ring substituents is 1. The Morgan fingerprint density at radius 2 is 1.72 bits per heavy atom. The van der Waals surface area contributed by atoms with Crippen molar-refractivity contribution < 1.29 is 14.1 Å². The van der Waals surface area contributed by atoms with Crippen molar-refractivity contribution in [3.05, 3.63) is 99.5 Å². The number of rotatable bonds is 5. The quantitative estimate of drug-likeness (QED) is 0.563. The van der Waals surface area contributed by atoms with Gasteiger partial charge in [-0.2, -0.15) is 0 Å². The molecule has 0 fully saturated rings. The van der Waals surface area contributed by atoms with Crippen molar-refractivity contribution in [1.82, 2.24) is 5.32 Å². The van der Waals surface area contributed by atoms with E-state index in [1.807, 2.05) is 43.3 Å². The highest BCUT2D eigenvalue weighted by atomic mass is 16.6. The molecule has 6 heteroatoms. The molecule has 1 aromatic heterocycles. The third-order valence-corrected chi connectivity index (χ3v) is 3.80. The van der Waals surface area contributed by atoms with Crippen LogP contribution in [0.2, 0.25) is 0 Å². The van der Waals surface area contributed by atoms with Crippen LogP contribution in [0.15, 0.2) is 71.1 Å². The molecule has 1 heterocycles. The lowest BCUT2D eigenvalue weighted by atomic mass is 10.0. The number of hydrogen-bond acceptors (Lipinski definition) is 4. The minimum absolute atomic E-state index is 0.0108. The summed E-state index contributed by atoms with van der Waals surface area (Å²) in [7, 11) is 0. The largest absolute Gasteiger partial charge is 0.464 e. The topological polar surface area (TPSA) is 85.4 Å². The lowest BCUT2D eigenvalue weighted by molar-refractivity contribution is -0.385. The molecule has 3 rings (SSSR count). The molecule has 1 atom stereocenters. The Balaban J connectivity index is 1.96. The molecule has 1 amide bonds. The first-order valence-electron chi connectivity index (χ1n) is 7.72. The summed E-state index contributed by atoms with van der Waals surface area (Å²) in [6.07, 6.45) is 0. The second kappa shape index (κ2) is 7.00. The van der Waals surface area contributed by atoms with Crippen molar-refractivity contribution in [3.63, 3.8) is 0 Å². The van der Waals surface area contributed by atoms with E-state index in [0.29, 0.717) is 5.76 Å². The van der Waals surface area contributed by atoms with E-state index in [4.69, 9.17) is 4.42 Å². The summed E-state index contributed by atoms with van der Waals surface area (Å²) >= 11 is 0. The van der Waals surface area contributed by atoms with Gasteiger partial charge in [-0.25, -0.2) is 0 Å². The number of hydrogen-bond donors (Lipinski definition) is 1. The Bertz CT molecular complexity index is 903. The number of amides is 1. The van der Waals surface area contributed by atoms with Gasteiger partial charge in [-0.3, -0.25) is 14.9 Å². The van der Waals surface area contributed by atoms with E-state index in [1.54, 1.807) is 12.1 Å². The van der Waals surface area contributed by atoms with E-state index in [-0.39, 0.29) is 11.3 Å². The van der Waals surface area contributed by atoms with Gasteiger partial charge in [0.2, 0.25) is 0 Å². The second-order valence-electron chi connectivity index (χ2n) is 5.54. The molecule has 0 saturated heterocycles. The Morgan fingerprint density at radius 3 is 2.36 bits per heavy atom. The molecule has 126 valence electrons. The average Bonchev–Trinajstić information content (AvgIpc) is 3.06. The molecule has 25 heavy (non-hydrogen) atoms. The van der Waals surface area contributed by atoms with E-state index < -0.39 is 16.9 Å². The maximum absolute atomic E-state index is 12.7. The van der Waals surface area contributed by atoms with Crippen molar-refractivity contribution in [3.8, 4) is 0 Å². The van der Waals surface area contributed by atoms with Gasteiger partial charge in [0.1, 0.15) is 23.1 Å². The first kappa shape index (κ1) is 16.4. The van der Waals surface area contributed by atoms with E-state index in [1.165, 1.54) is 18.2 Å². The molecule has 0 saturated carbocycles. The molecule has 0 radical (unpaired) electrons. The molecular weight excluding hydrogens is 320 g/mol. The van der Waals surface area contributed by atoms with Crippen molar-refractivity contribution in [2.24, 2.45) is 0 Å². The zero-order chi connectivity index (χ0) is 17.8. The van der Waals surface area contributed by atoms with Crippen molar-refractivity contribution in [2.75, 3.05) is 0 Å². The molecule has 2 aromatic carbocycles. The van der Waals surface area contributed by atoms with E-state index in [9.17, 15) is 14.9 Å². The van der Waals surface area contributed by atoms with Crippen LogP contribution >= 0.6 is 0 Å². The summed E-state index contributed by atoms with van der Waals surface area (Å²) in [5.74, 6) is 0.752. The fraction of sp³-hybridized carbons (Fsp3) is 0.105. The SMILES string of the molecule is Cc1ccc(C(NC(=O)c2ccccc2[N+](=O)[O-])c2ccccc2)o1. The van der Waals surface area contributed by atoms with Gasteiger partial charge in [0.05, 0.1) is 4.92 Å². The summed E-state index contributed by atoms with van der Waals surface area (Å²) in [6, 6.07) is 18.2. The maximum Gasteiger partial charge on any atom is 0.282 e. The van der Waals surface area contributed by atoms with E-state index in [2.05, 4.69) is 5.32 Å². The van der Waals surface area contributed by atoms with Crippen LogP contribution in [0.5, 0.6) is 0 Å². The van der Waals surface area contributed by atoms with Crippen LogP contribution in [0.1, 0.15) is 33.5 Å². The van der Waals surface area contributed by atoms with Gasteiger partial charge in [0.15, 0.2) is 0 Å². The first-order chi connectivity index (χ1) is 12.1. The smallest absolute Gasteiger partial charge is 0.282 e. The van der Waals surface area contributed by atoms with Gasteiger partial charge in [0, 0.05) is 6.07 Å². The number of benzene rings is 2. The lowest BCUT2D eigenvalue weighted by Gasteiger charge is -2.17. The minimum Gasteiger partial charge on any atom is -0.464 e. The van der Waals surface area contributed by atoms with Crippen LogP contribution in [-0.2, 0) is 0 Å². The van der Waals surface area contributed by atoms with Gasteiger partial charge in [-0.15, -0.1) is 0 Å². The normalized spacial score (nSPS) is 11.7. The number of aryl methyl sites for hydroxylation is 1. The third kappa shape index (κ3) is 3.58. The molecule has 1 unspecified atom stereocenters. The fourth-order valence-electron chi connectivity index (χ4n) is 2.61. The molecule has 6 nitrogen and oxygen atoms in total.